The van der Waals surface area contributed by atoms with Crippen LogP contribution in [0.1, 0.15) is 29.2 Å². The standard InChI is InChI=1S/C27H28N6/c1-3-21-6-4-5-7-23(21)19-31-10-12-32(13-11-31)26-9-8-22(16-29-26)25-14-20(2)18-33-27(25)24(15-28)17-30-33/h4-9,14,16-18H,3,10-13,19H2,1-2H3. The molecule has 5 rings (SSSR count). The zero-order valence-electron chi connectivity index (χ0n) is 19.2. The zero-order valence-corrected chi connectivity index (χ0v) is 19.2. The number of nitriles is 1. The number of rotatable bonds is 5. The normalized spacial score (nSPS) is 14.5. The highest BCUT2D eigenvalue weighted by atomic mass is 15.3. The molecule has 0 spiro atoms. The summed E-state index contributed by atoms with van der Waals surface area (Å²) in [7, 11) is 0. The molecule has 0 amide bonds. The van der Waals surface area contributed by atoms with Crippen molar-refractivity contribution in [3.05, 3.63) is 83.3 Å². The quantitative estimate of drug-likeness (QED) is 0.462. The van der Waals surface area contributed by atoms with E-state index in [2.05, 4.69) is 70.4 Å². The van der Waals surface area contributed by atoms with Gasteiger partial charge in [0, 0.05) is 56.2 Å². The highest BCUT2D eigenvalue weighted by Gasteiger charge is 2.19. The van der Waals surface area contributed by atoms with Crippen LogP contribution in [-0.4, -0.2) is 45.7 Å². The first-order chi connectivity index (χ1) is 16.2. The summed E-state index contributed by atoms with van der Waals surface area (Å²) in [5.74, 6) is 1.00. The summed E-state index contributed by atoms with van der Waals surface area (Å²) in [6.07, 6.45) is 6.56. The molecule has 0 unspecified atom stereocenters. The van der Waals surface area contributed by atoms with Gasteiger partial charge in [-0.3, -0.25) is 4.90 Å². The van der Waals surface area contributed by atoms with E-state index >= 15 is 0 Å². The summed E-state index contributed by atoms with van der Waals surface area (Å²) in [6, 6.07) is 17.3. The third-order valence-corrected chi connectivity index (χ3v) is 6.52. The van der Waals surface area contributed by atoms with Crippen LogP contribution in [0.3, 0.4) is 0 Å². The molecule has 0 radical (unpaired) electrons. The van der Waals surface area contributed by atoms with E-state index < -0.39 is 0 Å². The van der Waals surface area contributed by atoms with Gasteiger partial charge in [-0.1, -0.05) is 31.2 Å². The summed E-state index contributed by atoms with van der Waals surface area (Å²) in [5.41, 5.74) is 7.38. The molecule has 0 N–H and O–H groups in total. The predicted octanol–water partition coefficient (Wildman–Crippen LogP) is 4.46. The number of anilines is 1. The lowest BCUT2D eigenvalue weighted by atomic mass is 10.0. The second-order valence-electron chi connectivity index (χ2n) is 8.68. The summed E-state index contributed by atoms with van der Waals surface area (Å²) < 4.78 is 1.78. The molecule has 33 heavy (non-hydrogen) atoms. The second kappa shape index (κ2) is 9.05. The number of aromatic nitrogens is 3. The van der Waals surface area contributed by atoms with Crippen molar-refractivity contribution in [1.29, 1.82) is 5.26 Å². The number of hydrogen-bond acceptors (Lipinski definition) is 5. The molecule has 3 aromatic heterocycles. The lowest BCUT2D eigenvalue weighted by Gasteiger charge is -2.35. The minimum atomic E-state index is 0.579. The minimum absolute atomic E-state index is 0.579. The Morgan fingerprint density at radius 2 is 1.79 bits per heavy atom. The van der Waals surface area contributed by atoms with E-state index in [1.807, 2.05) is 19.3 Å². The van der Waals surface area contributed by atoms with E-state index in [0.29, 0.717) is 5.56 Å². The van der Waals surface area contributed by atoms with Crippen LogP contribution in [-0.2, 0) is 13.0 Å². The molecule has 0 atom stereocenters. The van der Waals surface area contributed by atoms with Crippen molar-refractivity contribution in [2.75, 3.05) is 31.1 Å². The van der Waals surface area contributed by atoms with Crippen LogP contribution in [0.2, 0.25) is 0 Å². The number of fused-ring (bicyclic) bond motifs is 1. The maximum atomic E-state index is 9.49. The lowest BCUT2D eigenvalue weighted by molar-refractivity contribution is 0.248. The van der Waals surface area contributed by atoms with Gasteiger partial charge >= 0.3 is 0 Å². The summed E-state index contributed by atoms with van der Waals surface area (Å²) >= 11 is 0. The number of hydrogen-bond donors (Lipinski definition) is 0. The fourth-order valence-corrected chi connectivity index (χ4v) is 4.72. The number of piperazine rings is 1. The fourth-order valence-electron chi connectivity index (χ4n) is 4.72. The molecule has 1 saturated heterocycles. The molecular weight excluding hydrogens is 408 g/mol. The third-order valence-electron chi connectivity index (χ3n) is 6.52. The first kappa shape index (κ1) is 21.2. The van der Waals surface area contributed by atoms with Gasteiger partial charge in [0.1, 0.15) is 11.9 Å². The largest absolute Gasteiger partial charge is 0.354 e. The van der Waals surface area contributed by atoms with E-state index in [1.54, 1.807) is 10.7 Å². The van der Waals surface area contributed by atoms with E-state index in [9.17, 15) is 5.26 Å². The van der Waals surface area contributed by atoms with Crippen molar-refractivity contribution in [3.63, 3.8) is 0 Å². The molecule has 1 aromatic carbocycles. The Labute approximate surface area is 194 Å². The first-order valence-corrected chi connectivity index (χ1v) is 11.5. The molecular formula is C27H28N6. The number of aryl methyl sites for hydroxylation is 2. The Morgan fingerprint density at radius 1 is 1.00 bits per heavy atom. The SMILES string of the molecule is CCc1ccccc1CN1CCN(c2ccc(-c3cc(C)cn4ncc(C#N)c34)cn2)CC1. The van der Waals surface area contributed by atoms with E-state index in [1.165, 1.54) is 11.1 Å². The van der Waals surface area contributed by atoms with Crippen molar-refractivity contribution in [2.45, 2.75) is 26.8 Å². The van der Waals surface area contributed by atoms with Crippen molar-refractivity contribution in [1.82, 2.24) is 19.5 Å². The molecule has 4 heterocycles. The average molecular weight is 437 g/mol. The minimum Gasteiger partial charge on any atom is -0.354 e. The smallest absolute Gasteiger partial charge is 0.128 e. The molecule has 4 aromatic rings. The van der Waals surface area contributed by atoms with Gasteiger partial charge in [-0.2, -0.15) is 10.4 Å². The van der Waals surface area contributed by atoms with E-state index in [4.69, 9.17) is 4.98 Å². The first-order valence-electron chi connectivity index (χ1n) is 11.5. The van der Waals surface area contributed by atoms with Gasteiger partial charge in [0.05, 0.1) is 17.3 Å². The number of benzene rings is 1. The fraction of sp³-hybridized carbons (Fsp3) is 0.296. The Hall–Kier alpha value is -3.69. The van der Waals surface area contributed by atoms with Crippen LogP contribution in [0.4, 0.5) is 5.82 Å². The van der Waals surface area contributed by atoms with Crippen LogP contribution >= 0.6 is 0 Å². The molecule has 166 valence electrons. The van der Waals surface area contributed by atoms with Crippen LogP contribution in [0, 0.1) is 18.3 Å². The molecule has 1 aliphatic rings. The van der Waals surface area contributed by atoms with Crippen molar-refractivity contribution < 1.29 is 0 Å². The van der Waals surface area contributed by atoms with Gasteiger partial charge in [0.15, 0.2) is 0 Å². The summed E-state index contributed by atoms with van der Waals surface area (Å²) in [6.45, 7) is 9.27. The Balaban J connectivity index is 1.30. The van der Waals surface area contributed by atoms with Gasteiger partial charge in [-0.25, -0.2) is 9.50 Å². The molecule has 1 aliphatic heterocycles. The van der Waals surface area contributed by atoms with Crippen molar-refractivity contribution >= 4 is 11.3 Å². The van der Waals surface area contributed by atoms with Crippen LogP contribution in [0.25, 0.3) is 16.6 Å². The van der Waals surface area contributed by atoms with Gasteiger partial charge in [0.2, 0.25) is 0 Å². The van der Waals surface area contributed by atoms with Gasteiger partial charge in [-0.05, 0) is 48.2 Å². The molecule has 6 nitrogen and oxygen atoms in total. The van der Waals surface area contributed by atoms with E-state index in [0.717, 1.165) is 67.2 Å². The average Bonchev–Trinajstić information content (AvgIpc) is 3.27. The Kier molecular flexibility index (Phi) is 5.80. The lowest BCUT2D eigenvalue weighted by Crippen LogP contribution is -2.46. The van der Waals surface area contributed by atoms with Crippen LogP contribution in [0.15, 0.2) is 61.1 Å². The molecule has 0 saturated carbocycles. The Bertz CT molecular complexity index is 1310. The summed E-state index contributed by atoms with van der Waals surface area (Å²) in [4.78, 5) is 9.68. The van der Waals surface area contributed by atoms with Crippen molar-refractivity contribution in [3.8, 4) is 17.2 Å². The maximum absolute atomic E-state index is 9.49. The molecule has 1 fully saturated rings. The predicted molar refractivity (Wildman–Crippen MR) is 131 cm³/mol. The highest BCUT2D eigenvalue weighted by molar-refractivity contribution is 5.84. The van der Waals surface area contributed by atoms with Gasteiger partial charge < -0.3 is 4.90 Å². The Morgan fingerprint density at radius 3 is 2.48 bits per heavy atom. The molecule has 0 bridgehead atoms. The van der Waals surface area contributed by atoms with E-state index in [-0.39, 0.29) is 0 Å². The third kappa shape index (κ3) is 4.20. The number of nitrogens with zero attached hydrogens (tertiary/aromatic N) is 6. The van der Waals surface area contributed by atoms with Crippen LogP contribution in [0.5, 0.6) is 0 Å². The highest BCUT2D eigenvalue weighted by Crippen LogP contribution is 2.29. The second-order valence-corrected chi connectivity index (χ2v) is 8.68. The van der Waals surface area contributed by atoms with Crippen LogP contribution < -0.4 is 4.90 Å². The van der Waals surface area contributed by atoms with Crippen molar-refractivity contribution in [2.24, 2.45) is 0 Å². The number of pyridine rings is 2. The molecule has 0 aliphatic carbocycles. The summed E-state index contributed by atoms with van der Waals surface area (Å²) in [5, 5.41) is 13.8. The maximum Gasteiger partial charge on any atom is 0.128 e. The van der Waals surface area contributed by atoms with Gasteiger partial charge in [-0.15, -0.1) is 0 Å². The topological polar surface area (TPSA) is 60.5 Å². The zero-order chi connectivity index (χ0) is 22.8. The monoisotopic (exact) mass is 436 g/mol. The van der Waals surface area contributed by atoms with Gasteiger partial charge in [0.25, 0.3) is 0 Å². The molecule has 6 heteroatoms.